The first-order valence-electron chi connectivity index (χ1n) is 4.69. The molecule has 0 amide bonds. The van der Waals surface area contributed by atoms with Crippen molar-refractivity contribution >= 4 is 11.8 Å². The van der Waals surface area contributed by atoms with Crippen molar-refractivity contribution in [2.75, 3.05) is 12.4 Å². The summed E-state index contributed by atoms with van der Waals surface area (Å²) in [4.78, 5) is 0. The van der Waals surface area contributed by atoms with Gasteiger partial charge in [-0.3, -0.25) is 4.39 Å². The van der Waals surface area contributed by atoms with E-state index in [0.717, 1.165) is 23.8 Å². The van der Waals surface area contributed by atoms with Crippen LogP contribution in [-0.4, -0.2) is 27.2 Å². The van der Waals surface area contributed by atoms with Gasteiger partial charge in [-0.2, -0.15) is 0 Å². The minimum atomic E-state index is -0.333. The molecule has 1 aliphatic rings. The first kappa shape index (κ1) is 9.92. The Morgan fingerprint density at radius 1 is 1.50 bits per heavy atom. The molecule has 0 spiro atoms. The fourth-order valence-corrected chi connectivity index (χ4v) is 2.13. The summed E-state index contributed by atoms with van der Waals surface area (Å²) in [5, 5.41) is 8.82. The van der Waals surface area contributed by atoms with E-state index in [9.17, 15) is 4.39 Å². The average Bonchev–Trinajstić information content (AvgIpc) is 2.96. The summed E-state index contributed by atoms with van der Waals surface area (Å²) >= 11 is 1.41. The Labute approximate surface area is 86.1 Å². The first-order valence-corrected chi connectivity index (χ1v) is 5.68. The van der Waals surface area contributed by atoms with Crippen LogP contribution in [0.1, 0.15) is 24.7 Å². The Balaban J connectivity index is 2.16. The number of thioether (sulfide) groups is 1. The second-order valence-electron chi connectivity index (χ2n) is 3.24. The molecule has 0 aliphatic heterocycles. The molecule has 0 bridgehead atoms. The molecule has 6 heteroatoms. The maximum atomic E-state index is 12.0. The summed E-state index contributed by atoms with van der Waals surface area (Å²) in [6, 6.07) is 0.505. The third-order valence-electron chi connectivity index (χ3n) is 2.14. The Bertz CT molecular complexity index is 310. The molecule has 2 rings (SSSR count). The monoisotopic (exact) mass is 216 g/mol. The van der Waals surface area contributed by atoms with Crippen LogP contribution in [0.3, 0.4) is 0 Å². The highest BCUT2D eigenvalue weighted by atomic mass is 32.2. The molecule has 14 heavy (non-hydrogen) atoms. The maximum absolute atomic E-state index is 12.0. The quantitative estimate of drug-likeness (QED) is 0.750. The van der Waals surface area contributed by atoms with Crippen LogP contribution < -0.4 is 5.73 Å². The molecule has 2 N–H and O–H groups in total. The van der Waals surface area contributed by atoms with Gasteiger partial charge in [-0.25, -0.2) is 0 Å². The summed E-state index contributed by atoms with van der Waals surface area (Å²) < 4.78 is 14.1. The molecular formula is C8H13FN4S. The number of nitrogens with zero attached hydrogens (tertiary/aromatic N) is 3. The second kappa shape index (κ2) is 4.27. The van der Waals surface area contributed by atoms with Crippen LogP contribution in [0.5, 0.6) is 0 Å². The first-order chi connectivity index (χ1) is 6.86. The number of alkyl halides is 1. The van der Waals surface area contributed by atoms with Gasteiger partial charge < -0.3 is 10.3 Å². The van der Waals surface area contributed by atoms with Crippen LogP contribution in [0.15, 0.2) is 5.16 Å². The lowest BCUT2D eigenvalue weighted by molar-refractivity contribution is 0.531. The van der Waals surface area contributed by atoms with E-state index in [1.807, 2.05) is 0 Å². The van der Waals surface area contributed by atoms with Gasteiger partial charge >= 0.3 is 0 Å². The summed E-state index contributed by atoms with van der Waals surface area (Å²) in [7, 11) is 0. The standard InChI is InChI=1S/C8H13FN4S/c9-3-4-14-8-12-11-7(5-10)13(8)6-1-2-6/h6H,1-5,10H2. The third-order valence-corrected chi connectivity index (χ3v) is 3.03. The van der Waals surface area contributed by atoms with E-state index >= 15 is 0 Å². The molecule has 1 aromatic heterocycles. The van der Waals surface area contributed by atoms with Gasteiger partial charge in [0.1, 0.15) is 5.82 Å². The van der Waals surface area contributed by atoms with Crippen LogP contribution in [-0.2, 0) is 6.54 Å². The molecular weight excluding hydrogens is 203 g/mol. The molecule has 78 valence electrons. The van der Waals surface area contributed by atoms with E-state index < -0.39 is 0 Å². The van der Waals surface area contributed by atoms with E-state index in [4.69, 9.17) is 5.73 Å². The number of hydrogen-bond donors (Lipinski definition) is 1. The van der Waals surface area contributed by atoms with Crippen molar-refractivity contribution in [2.24, 2.45) is 5.73 Å². The molecule has 1 heterocycles. The van der Waals surface area contributed by atoms with E-state index in [0.29, 0.717) is 18.3 Å². The van der Waals surface area contributed by atoms with E-state index in [2.05, 4.69) is 14.8 Å². The number of hydrogen-bond acceptors (Lipinski definition) is 4. The lowest BCUT2D eigenvalue weighted by Gasteiger charge is -2.05. The SMILES string of the molecule is NCc1nnc(SCCF)n1C1CC1. The fraction of sp³-hybridized carbons (Fsp3) is 0.750. The summed E-state index contributed by atoms with van der Waals surface area (Å²) in [6.07, 6.45) is 2.32. The van der Waals surface area contributed by atoms with Crippen molar-refractivity contribution in [2.45, 2.75) is 30.6 Å². The van der Waals surface area contributed by atoms with Gasteiger partial charge in [0.15, 0.2) is 5.16 Å². The van der Waals surface area contributed by atoms with Crippen molar-refractivity contribution in [1.82, 2.24) is 14.8 Å². The topological polar surface area (TPSA) is 56.7 Å². The summed E-state index contributed by atoms with van der Waals surface area (Å²) in [6.45, 7) is 0.0693. The van der Waals surface area contributed by atoms with E-state index in [-0.39, 0.29) is 6.67 Å². The fourth-order valence-electron chi connectivity index (χ4n) is 1.37. The molecule has 4 nitrogen and oxygen atoms in total. The number of aromatic nitrogens is 3. The van der Waals surface area contributed by atoms with Crippen molar-refractivity contribution in [3.63, 3.8) is 0 Å². The molecule has 0 atom stereocenters. The van der Waals surface area contributed by atoms with Crippen LogP contribution >= 0.6 is 11.8 Å². The predicted octanol–water partition coefficient (Wildman–Crippen LogP) is 1.13. The second-order valence-corrected chi connectivity index (χ2v) is 4.30. The summed E-state index contributed by atoms with van der Waals surface area (Å²) in [5.41, 5.74) is 5.55. The van der Waals surface area contributed by atoms with Crippen LogP contribution in [0.4, 0.5) is 4.39 Å². The van der Waals surface area contributed by atoms with E-state index in [1.165, 1.54) is 11.8 Å². The van der Waals surface area contributed by atoms with Gasteiger partial charge in [-0.1, -0.05) is 11.8 Å². The molecule has 1 saturated carbocycles. The van der Waals surface area contributed by atoms with E-state index in [1.54, 1.807) is 0 Å². The molecule has 0 unspecified atom stereocenters. The molecule has 1 fully saturated rings. The maximum Gasteiger partial charge on any atom is 0.191 e. The zero-order valence-electron chi connectivity index (χ0n) is 7.82. The van der Waals surface area contributed by atoms with Gasteiger partial charge in [0.2, 0.25) is 0 Å². The van der Waals surface area contributed by atoms with Crippen molar-refractivity contribution in [3.05, 3.63) is 5.82 Å². The van der Waals surface area contributed by atoms with Crippen molar-refractivity contribution in [1.29, 1.82) is 0 Å². The van der Waals surface area contributed by atoms with Gasteiger partial charge in [-0.15, -0.1) is 10.2 Å². The van der Waals surface area contributed by atoms with Crippen LogP contribution in [0.25, 0.3) is 0 Å². The smallest absolute Gasteiger partial charge is 0.191 e. The minimum Gasteiger partial charge on any atom is -0.324 e. The van der Waals surface area contributed by atoms with Gasteiger partial charge in [0.25, 0.3) is 0 Å². The minimum absolute atomic E-state index is 0.333. The van der Waals surface area contributed by atoms with Crippen LogP contribution in [0, 0.1) is 0 Å². The lowest BCUT2D eigenvalue weighted by atomic mass is 10.5. The number of rotatable bonds is 5. The number of nitrogens with two attached hydrogens (primary N) is 1. The zero-order valence-corrected chi connectivity index (χ0v) is 8.63. The van der Waals surface area contributed by atoms with Gasteiger partial charge in [-0.05, 0) is 12.8 Å². The predicted molar refractivity (Wildman–Crippen MR) is 52.9 cm³/mol. The Hall–Kier alpha value is -0.620. The largest absolute Gasteiger partial charge is 0.324 e. The third kappa shape index (κ3) is 1.90. The molecule has 0 saturated heterocycles. The normalized spacial score (nSPS) is 16.1. The Morgan fingerprint density at radius 2 is 2.29 bits per heavy atom. The van der Waals surface area contributed by atoms with Gasteiger partial charge in [0.05, 0.1) is 13.2 Å². The van der Waals surface area contributed by atoms with Crippen molar-refractivity contribution in [3.8, 4) is 0 Å². The van der Waals surface area contributed by atoms with Gasteiger partial charge in [0, 0.05) is 11.8 Å². The zero-order chi connectivity index (χ0) is 9.97. The van der Waals surface area contributed by atoms with Crippen molar-refractivity contribution < 1.29 is 4.39 Å². The lowest BCUT2D eigenvalue weighted by Crippen LogP contribution is -2.08. The Kier molecular flexibility index (Phi) is 3.02. The Morgan fingerprint density at radius 3 is 2.86 bits per heavy atom. The highest BCUT2D eigenvalue weighted by Crippen LogP contribution is 2.38. The molecule has 1 aliphatic carbocycles. The molecule has 0 aromatic carbocycles. The molecule has 1 aromatic rings. The highest BCUT2D eigenvalue weighted by Gasteiger charge is 2.28. The van der Waals surface area contributed by atoms with Crippen LogP contribution in [0.2, 0.25) is 0 Å². The average molecular weight is 216 g/mol. The molecule has 0 radical (unpaired) electrons. The summed E-state index contributed by atoms with van der Waals surface area (Å²) in [5.74, 6) is 1.25. The number of halogens is 1. The highest BCUT2D eigenvalue weighted by molar-refractivity contribution is 7.99.